The number of pyridine rings is 1. The van der Waals surface area contributed by atoms with Crippen molar-refractivity contribution >= 4 is 22.9 Å². The van der Waals surface area contributed by atoms with E-state index in [1.54, 1.807) is 10.7 Å². The van der Waals surface area contributed by atoms with Crippen LogP contribution in [0.2, 0.25) is 0 Å². The van der Waals surface area contributed by atoms with Gasteiger partial charge in [-0.05, 0) is 57.4 Å². The van der Waals surface area contributed by atoms with E-state index >= 15 is 0 Å². The molecule has 43 heavy (non-hydrogen) atoms. The number of rotatable bonds is 7. The summed E-state index contributed by atoms with van der Waals surface area (Å²) in [6, 6.07) is 14.9. The molecule has 1 aromatic carbocycles. The minimum absolute atomic E-state index is 0.135. The molecule has 0 unspecified atom stereocenters. The highest BCUT2D eigenvalue weighted by atomic mass is 16.2. The van der Waals surface area contributed by atoms with Crippen molar-refractivity contribution in [2.45, 2.75) is 46.1 Å². The molecule has 222 valence electrons. The normalized spacial score (nSPS) is 16.8. The first kappa shape index (κ1) is 28.6. The molecule has 2 N–H and O–H groups in total. The Morgan fingerprint density at radius 2 is 1.74 bits per heavy atom. The van der Waals surface area contributed by atoms with Crippen LogP contribution in [0.3, 0.4) is 0 Å². The van der Waals surface area contributed by atoms with Gasteiger partial charge < -0.3 is 20.4 Å². The Bertz CT molecular complexity index is 1620. The second kappa shape index (κ2) is 12.0. The van der Waals surface area contributed by atoms with E-state index in [2.05, 4.69) is 62.8 Å². The maximum absolute atomic E-state index is 13.0. The Kier molecular flexibility index (Phi) is 8.00. The van der Waals surface area contributed by atoms with Gasteiger partial charge in [-0.1, -0.05) is 19.1 Å². The predicted octanol–water partition coefficient (Wildman–Crippen LogP) is 4.26. The largest absolute Gasteiger partial charge is 0.369 e. The quantitative estimate of drug-likeness (QED) is 0.335. The number of hydrogen-bond donors (Lipinski definition) is 2. The van der Waals surface area contributed by atoms with Crippen molar-refractivity contribution in [3.8, 4) is 28.6 Å². The van der Waals surface area contributed by atoms with Crippen molar-refractivity contribution < 1.29 is 4.79 Å². The van der Waals surface area contributed by atoms with Crippen LogP contribution >= 0.6 is 0 Å². The molecule has 3 aromatic heterocycles. The molecule has 2 aliphatic heterocycles. The highest BCUT2D eigenvalue weighted by Crippen LogP contribution is 2.37. The standard InChI is InChI=1S/C33H39N9O/c1-4-33(32(43)38-23(2)3)11-15-41(16-12-33)29-10-7-25(20-36-29)30-31-26(19-34)21-37-42(31)22-28(39-30)24-5-8-27(9-6-24)40-17-13-35-14-18-40/h5-10,20-23,35H,4,11-18H2,1-3H3,(H,38,43). The molecule has 0 atom stereocenters. The van der Waals surface area contributed by atoms with Gasteiger partial charge in [0.05, 0.1) is 29.2 Å². The lowest BCUT2D eigenvalue weighted by Gasteiger charge is -2.41. The highest BCUT2D eigenvalue weighted by molar-refractivity contribution is 5.84. The molecule has 2 saturated heterocycles. The molecular formula is C33H39N9O. The fraction of sp³-hybridized carbons (Fsp3) is 0.424. The molecule has 0 saturated carbocycles. The number of aromatic nitrogens is 4. The van der Waals surface area contributed by atoms with E-state index in [4.69, 9.17) is 9.97 Å². The van der Waals surface area contributed by atoms with Crippen molar-refractivity contribution in [1.82, 2.24) is 30.2 Å². The van der Waals surface area contributed by atoms with E-state index in [9.17, 15) is 10.1 Å². The van der Waals surface area contributed by atoms with Crippen molar-refractivity contribution in [2.24, 2.45) is 5.41 Å². The van der Waals surface area contributed by atoms with Crippen LogP contribution in [0.25, 0.3) is 28.0 Å². The number of nitrogens with zero attached hydrogens (tertiary/aromatic N) is 7. The van der Waals surface area contributed by atoms with Crippen molar-refractivity contribution in [3.63, 3.8) is 0 Å². The van der Waals surface area contributed by atoms with E-state index in [0.717, 1.165) is 81.2 Å². The minimum Gasteiger partial charge on any atom is -0.369 e. The fourth-order valence-corrected chi connectivity index (χ4v) is 6.24. The summed E-state index contributed by atoms with van der Waals surface area (Å²) in [4.78, 5) is 27.5. The van der Waals surface area contributed by atoms with E-state index in [-0.39, 0.29) is 17.4 Å². The SMILES string of the molecule is CCC1(C(=O)NC(C)C)CCN(c2ccc(-c3nc(-c4ccc(N5CCNCC5)cc4)cn4ncc(C#N)c34)cn2)CC1. The van der Waals surface area contributed by atoms with Crippen LogP contribution in [0.4, 0.5) is 11.5 Å². The van der Waals surface area contributed by atoms with Crippen LogP contribution in [0.5, 0.6) is 0 Å². The zero-order chi connectivity index (χ0) is 30.0. The van der Waals surface area contributed by atoms with Crippen LogP contribution in [0.15, 0.2) is 55.0 Å². The van der Waals surface area contributed by atoms with Crippen LogP contribution in [0, 0.1) is 16.7 Å². The summed E-state index contributed by atoms with van der Waals surface area (Å²) in [5.74, 6) is 1.04. The number of piperazine rings is 1. The highest BCUT2D eigenvalue weighted by Gasteiger charge is 2.40. The monoisotopic (exact) mass is 577 g/mol. The molecule has 1 amide bonds. The van der Waals surface area contributed by atoms with Gasteiger partial charge in [0.25, 0.3) is 0 Å². The van der Waals surface area contributed by atoms with Gasteiger partial charge in [0.15, 0.2) is 0 Å². The van der Waals surface area contributed by atoms with E-state index < -0.39 is 0 Å². The third kappa shape index (κ3) is 5.65. The van der Waals surface area contributed by atoms with Crippen LogP contribution < -0.4 is 20.4 Å². The number of nitriles is 1. The predicted molar refractivity (Wildman–Crippen MR) is 169 cm³/mol. The summed E-state index contributed by atoms with van der Waals surface area (Å²) < 4.78 is 1.74. The summed E-state index contributed by atoms with van der Waals surface area (Å²) in [5.41, 5.74) is 5.26. The fourth-order valence-electron chi connectivity index (χ4n) is 6.24. The smallest absolute Gasteiger partial charge is 0.226 e. The molecule has 2 aliphatic rings. The third-order valence-electron chi connectivity index (χ3n) is 8.91. The van der Waals surface area contributed by atoms with Gasteiger partial charge >= 0.3 is 0 Å². The number of hydrogen-bond acceptors (Lipinski definition) is 8. The Labute approximate surface area is 252 Å². The Balaban J connectivity index is 1.26. The van der Waals surface area contributed by atoms with E-state index in [0.29, 0.717) is 16.8 Å². The number of fused-ring (bicyclic) bond motifs is 1. The molecular weight excluding hydrogens is 538 g/mol. The lowest BCUT2D eigenvalue weighted by atomic mass is 9.75. The van der Waals surface area contributed by atoms with Gasteiger partial charge in [-0.2, -0.15) is 10.4 Å². The molecule has 0 spiro atoms. The number of carbonyl (C=O) groups excluding carboxylic acids is 1. The zero-order valence-corrected chi connectivity index (χ0v) is 25.2. The van der Waals surface area contributed by atoms with Crippen LogP contribution in [0.1, 0.15) is 45.6 Å². The van der Waals surface area contributed by atoms with Crippen molar-refractivity contribution in [2.75, 3.05) is 49.1 Å². The Morgan fingerprint density at radius 1 is 1.02 bits per heavy atom. The molecule has 2 fully saturated rings. The average Bonchev–Trinajstić information content (AvgIpc) is 3.48. The lowest BCUT2D eigenvalue weighted by Crippen LogP contribution is -2.50. The molecule has 4 aromatic rings. The lowest BCUT2D eigenvalue weighted by molar-refractivity contribution is -0.133. The molecule has 0 bridgehead atoms. The van der Waals surface area contributed by atoms with Gasteiger partial charge in [-0.25, -0.2) is 14.5 Å². The van der Waals surface area contributed by atoms with Gasteiger partial charge in [0, 0.05) is 68.3 Å². The summed E-state index contributed by atoms with van der Waals surface area (Å²) in [6.07, 6.45) is 7.72. The zero-order valence-electron chi connectivity index (χ0n) is 25.2. The Morgan fingerprint density at radius 3 is 2.37 bits per heavy atom. The van der Waals surface area contributed by atoms with Gasteiger partial charge in [-0.3, -0.25) is 4.79 Å². The summed E-state index contributed by atoms with van der Waals surface area (Å²) >= 11 is 0. The van der Waals surface area contributed by atoms with E-state index in [1.807, 2.05) is 38.4 Å². The average molecular weight is 578 g/mol. The van der Waals surface area contributed by atoms with Crippen LogP contribution in [-0.4, -0.2) is 70.8 Å². The summed E-state index contributed by atoms with van der Waals surface area (Å²) in [6.45, 7) is 11.6. The number of amides is 1. The van der Waals surface area contributed by atoms with Gasteiger partial charge in [-0.15, -0.1) is 0 Å². The van der Waals surface area contributed by atoms with Gasteiger partial charge in [0.2, 0.25) is 5.91 Å². The summed E-state index contributed by atoms with van der Waals surface area (Å²) in [7, 11) is 0. The number of piperidine rings is 1. The first-order valence-corrected chi connectivity index (χ1v) is 15.3. The van der Waals surface area contributed by atoms with Gasteiger partial charge in [0.1, 0.15) is 23.0 Å². The molecule has 0 radical (unpaired) electrons. The molecule has 0 aliphatic carbocycles. The topological polar surface area (TPSA) is 114 Å². The second-order valence-corrected chi connectivity index (χ2v) is 11.9. The molecule has 10 heteroatoms. The number of benzene rings is 1. The number of carbonyl (C=O) groups is 1. The number of nitrogens with one attached hydrogen (secondary N) is 2. The molecule has 6 rings (SSSR count). The third-order valence-corrected chi connectivity index (χ3v) is 8.91. The first-order valence-electron chi connectivity index (χ1n) is 15.3. The maximum atomic E-state index is 13.0. The molecule has 10 nitrogen and oxygen atoms in total. The minimum atomic E-state index is -0.324. The molecule has 5 heterocycles. The number of anilines is 2. The van der Waals surface area contributed by atoms with E-state index in [1.165, 1.54) is 5.69 Å². The first-order chi connectivity index (χ1) is 20.9. The van der Waals surface area contributed by atoms with Crippen molar-refractivity contribution in [1.29, 1.82) is 5.26 Å². The summed E-state index contributed by atoms with van der Waals surface area (Å²) in [5, 5.41) is 20.8. The van der Waals surface area contributed by atoms with Crippen molar-refractivity contribution in [3.05, 3.63) is 60.6 Å². The Hall–Kier alpha value is -4.49. The maximum Gasteiger partial charge on any atom is 0.226 e. The second-order valence-electron chi connectivity index (χ2n) is 11.9. The van der Waals surface area contributed by atoms with Crippen LogP contribution in [-0.2, 0) is 4.79 Å².